The molecule has 0 spiro atoms. The second-order valence-corrected chi connectivity index (χ2v) is 7.32. The molecular formula is C17H34N2. The van der Waals surface area contributed by atoms with Crippen molar-refractivity contribution in [3.05, 3.63) is 0 Å². The topological polar surface area (TPSA) is 15.3 Å². The van der Waals surface area contributed by atoms with Crippen molar-refractivity contribution in [2.45, 2.75) is 77.8 Å². The van der Waals surface area contributed by atoms with Crippen molar-refractivity contribution in [1.82, 2.24) is 10.2 Å². The molecule has 0 aromatic rings. The monoisotopic (exact) mass is 266 g/mol. The fourth-order valence-electron chi connectivity index (χ4n) is 3.94. The smallest absolute Gasteiger partial charge is 0.00940 e. The molecule has 1 N–H and O–H groups in total. The minimum absolute atomic E-state index is 0.738. The van der Waals surface area contributed by atoms with E-state index in [0.717, 1.165) is 23.9 Å². The van der Waals surface area contributed by atoms with Crippen LogP contribution in [0.25, 0.3) is 0 Å². The van der Waals surface area contributed by atoms with E-state index in [-0.39, 0.29) is 0 Å². The van der Waals surface area contributed by atoms with Gasteiger partial charge in [-0.2, -0.15) is 0 Å². The Balaban J connectivity index is 1.67. The van der Waals surface area contributed by atoms with Gasteiger partial charge in [0.2, 0.25) is 0 Å². The fourth-order valence-corrected chi connectivity index (χ4v) is 3.94. The van der Waals surface area contributed by atoms with Crippen LogP contribution < -0.4 is 5.32 Å². The van der Waals surface area contributed by atoms with Crippen molar-refractivity contribution >= 4 is 0 Å². The molecule has 2 rings (SSSR count). The van der Waals surface area contributed by atoms with Gasteiger partial charge < -0.3 is 10.2 Å². The maximum absolute atomic E-state index is 3.94. The molecule has 1 heterocycles. The Kier molecular flexibility index (Phi) is 6.15. The summed E-state index contributed by atoms with van der Waals surface area (Å²) in [6, 6.07) is 1.52. The Morgan fingerprint density at radius 3 is 2.16 bits per heavy atom. The van der Waals surface area contributed by atoms with E-state index in [1.165, 1.54) is 64.6 Å². The molecule has 1 aliphatic heterocycles. The van der Waals surface area contributed by atoms with E-state index in [9.17, 15) is 0 Å². The van der Waals surface area contributed by atoms with Gasteiger partial charge in [0.05, 0.1) is 0 Å². The summed E-state index contributed by atoms with van der Waals surface area (Å²) in [5.74, 6) is 1.76. The average Bonchev–Trinajstić information content (AvgIpc) is 2.41. The number of likely N-dealkylation sites (tertiary alicyclic amines) is 1. The van der Waals surface area contributed by atoms with Crippen LogP contribution >= 0.6 is 0 Å². The number of nitrogens with one attached hydrogen (secondary N) is 1. The largest absolute Gasteiger partial charge is 0.311 e. The van der Waals surface area contributed by atoms with Crippen LogP contribution in [0.4, 0.5) is 0 Å². The van der Waals surface area contributed by atoms with Crippen molar-refractivity contribution in [2.24, 2.45) is 11.8 Å². The zero-order valence-electron chi connectivity index (χ0n) is 13.3. The normalized spacial score (nSPS) is 25.9. The third-order valence-electron chi connectivity index (χ3n) is 5.07. The Labute approximate surface area is 120 Å². The summed E-state index contributed by atoms with van der Waals surface area (Å²) in [6.07, 6.45) is 10.0. The van der Waals surface area contributed by atoms with Crippen LogP contribution in [-0.2, 0) is 0 Å². The summed E-state index contributed by atoms with van der Waals surface area (Å²) in [4.78, 5) is 2.65. The van der Waals surface area contributed by atoms with E-state index < -0.39 is 0 Å². The Morgan fingerprint density at radius 1 is 0.947 bits per heavy atom. The summed E-state index contributed by atoms with van der Waals surface area (Å²) in [5.41, 5.74) is 0. The van der Waals surface area contributed by atoms with Crippen LogP contribution in [0.1, 0.15) is 65.7 Å². The highest BCUT2D eigenvalue weighted by Crippen LogP contribution is 2.27. The summed E-state index contributed by atoms with van der Waals surface area (Å²) in [6.45, 7) is 11.0. The van der Waals surface area contributed by atoms with Gasteiger partial charge in [-0.3, -0.25) is 0 Å². The third-order valence-corrected chi connectivity index (χ3v) is 5.07. The molecule has 0 unspecified atom stereocenters. The SMILES string of the molecule is CC(C)CN1CCC(N[C@@H](C)C2CCCCC2)CC1. The highest BCUT2D eigenvalue weighted by Gasteiger charge is 2.25. The molecule has 2 aliphatic rings. The lowest BCUT2D eigenvalue weighted by Crippen LogP contribution is -2.48. The Bertz CT molecular complexity index is 238. The highest BCUT2D eigenvalue weighted by atomic mass is 15.1. The van der Waals surface area contributed by atoms with Gasteiger partial charge in [-0.25, -0.2) is 0 Å². The van der Waals surface area contributed by atoms with Crippen molar-refractivity contribution in [2.75, 3.05) is 19.6 Å². The van der Waals surface area contributed by atoms with E-state index in [1.54, 1.807) is 0 Å². The summed E-state index contributed by atoms with van der Waals surface area (Å²) >= 11 is 0. The molecule has 1 atom stereocenters. The van der Waals surface area contributed by atoms with Crippen LogP contribution in [0.3, 0.4) is 0 Å². The summed E-state index contributed by atoms with van der Waals surface area (Å²) in [7, 11) is 0. The van der Waals surface area contributed by atoms with E-state index in [2.05, 4.69) is 31.0 Å². The second-order valence-electron chi connectivity index (χ2n) is 7.32. The van der Waals surface area contributed by atoms with E-state index >= 15 is 0 Å². The Morgan fingerprint density at radius 2 is 1.58 bits per heavy atom. The lowest BCUT2D eigenvalue weighted by atomic mass is 9.84. The molecule has 19 heavy (non-hydrogen) atoms. The first kappa shape index (κ1) is 15.3. The van der Waals surface area contributed by atoms with Gasteiger partial charge in [0.15, 0.2) is 0 Å². The Hall–Kier alpha value is -0.0800. The van der Waals surface area contributed by atoms with Crippen LogP contribution in [0.5, 0.6) is 0 Å². The predicted molar refractivity (Wildman–Crippen MR) is 83.5 cm³/mol. The van der Waals surface area contributed by atoms with Gasteiger partial charge >= 0.3 is 0 Å². The molecule has 1 saturated carbocycles. The average molecular weight is 266 g/mol. The molecule has 0 amide bonds. The van der Waals surface area contributed by atoms with Crippen molar-refractivity contribution in [3.8, 4) is 0 Å². The van der Waals surface area contributed by atoms with E-state index in [4.69, 9.17) is 0 Å². The molecule has 2 nitrogen and oxygen atoms in total. The quantitative estimate of drug-likeness (QED) is 0.817. The molecule has 1 saturated heterocycles. The number of nitrogens with zero attached hydrogens (tertiary/aromatic N) is 1. The van der Waals surface area contributed by atoms with Crippen molar-refractivity contribution < 1.29 is 0 Å². The zero-order chi connectivity index (χ0) is 13.7. The summed E-state index contributed by atoms with van der Waals surface area (Å²) in [5, 5.41) is 3.94. The second kappa shape index (κ2) is 7.64. The molecule has 1 aliphatic carbocycles. The number of hydrogen-bond acceptors (Lipinski definition) is 2. The standard InChI is InChI=1S/C17H34N2/c1-14(2)13-19-11-9-17(10-12-19)18-15(3)16-7-5-4-6-8-16/h14-18H,4-13H2,1-3H3/t15-/m0/s1. The first-order chi connectivity index (χ1) is 9.15. The van der Waals surface area contributed by atoms with Crippen LogP contribution in [0.15, 0.2) is 0 Å². The lowest BCUT2D eigenvalue weighted by Gasteiger charge is -2.37. The molecule has 0 aromatic heterocycles. The molecule has 0 bridgehead atoms. The van der Waals surface area contributed by atoms with Crippen LogP contribution in [0.2, 0.25) is 0 Å². The minimum atomic E-state index is 0.738. The molecule has 112 valence electrons. The fraction of sp³-hybridized carbons (Fsp3) is 1.00. The number of hydrogen-bond donors (Lipinski definition) is 1. The van der Waals surface area contributed by atoms with Gasteiger partial charge in [0.1, 0.15) is 0 Å². The van der Waals surface area contributed by atoms with Crippen LogP contribution in [0, 0.1) is 11.8 Å². The molecule has 2 fully saturated rings. The molecule has 2 heteroatoms. The minimum Gasteiger partial charge on any atom is -0.311 e. The van der Waals surface area contributed by atoms with Crippen molar-refractivity contribution in [1.29, 1.82) is 0 Å². The molecular weight excluding hydrogens is 232 g/mol. The van der Waals surface area contributed by atoms with Gasteiger partial charge in [-0.05, 0) is 57.5 Å². The number of piperidine rings is 1. The predicted octanol–water partition coefficient (Wildman–Crippen LogP) is 3.67. The van der Waals surface area contributed by atoms with Gasteiger partial charge in [0.25, 0.3) is 0 Å². The highest BCUT2D eigenvalue weighted by molar-refractivity contribution is 4.83. The lowest BCUT2D eigenvalue weighted by molar-refractivity contribution is 0.163. The van der Waals surface area contributed by atoms with Gasteiger partial charge in [-0.15, -0.1) is 0 Å². The third kappa shape index (κ3) is 5.07. The summed E-state index contributed by atoms with van der Waals surface area (Å²) < 4.78 is 0. The van der Waals surface area contributed by atoms with Gasteiger partial charge in [-0.1, -0.05) is 33.1 Å². The van der Waals surface area contributed by atoms with E-state index in [0.29, 0.717) is 0 Å². The van der Waals surface area contributed by atoms with Gasteiger partial charge in [0, 0.05) is 18.6 Å². The molecule has 0 radical (unpaired) electrons. The van der Waals surface area contributed by atoms with Crippen LogP contribution in [-0.4, -0.2) is 36.6 Å². The maximum atomic E-state index is 3.94. The molecule has 0 aromatic carbocycles. The first-order valence-corrected chi connectivity index (χ1v) is 8.63. The van der Waals surface area contributed by atoms with Crippen molar-refractivity contribution in [3.63, 3.8) is 0 Å². The van der Waals surface area contributed by atoms with E-state index in [1.807, 2.05) is 0 Å². The number of rotatable bonds is 5. The zero-order valence-corrected chi connectivity index (χ0v) is 13.3. The first-order valence-electron chi connectivity index (χ1n) is 8.63. The maximum Gasteiger partial charge on any atom is 0.00940 e.